The number of benzene rings is 2. The fourth-order valence-electron chi connectivity index (χ4n) is 3.59. The smallest absolute Gasteiger partial charge is 0.237 e. The van der Waals surface area contributed by atoms with Crippen LogP contribution in [0, 0.1) is 13.8 Å². The number of nitrogens with zero attached hydrogens (tertiary/aromatic N) is 2. The van der Waals surface area contributed by atoms with E-state index in [0.29, 0.717) is 19.6 Å². The maximum Gasteiger partial charge on any atom is 0.237 e. The minimum atomic E-state index is 0.0705. The first-order chi connectivity index (χ1) is 12.4. The Hall–Kier alpha value is -2.46. The van der Waals surface area contributed by atoms with Crippen molar-refractivity contribution in [3.8, 4) is 0 Å². The number of hydrogen-bond donors (Lipinski definition) is 0. The van der Waals surface area contributed by atoms with Crippen LogP contribution >= 0.6 is 0 Å². The normalized spacial score (nSPS) is 15.3. The highest BCUT2D eigenvalue weighted by molar-refractivity contribution is 5.94. The van der Waals surface area contributed by atoms with E-state index in [1.165, 1.54) is 16.7 Å². The van der Waals surface area contributed by atoms with Gasteiger partial charge in [0.05, 0.1) is 6.54 Å². The van der Waals surface area contributed by atoms with Gasteiger partial charge in [-0.1, -0.05) is 47.5 Å². The predicted octanol–water partition coefficient (Wildman–Crippen LogP) is 3.35. The number of hydrogen-bond acceptors (Lipinski definition) is 3. The Morgan fingerprint density at radius 1 is 0.962 bits per heavy atom. The van der Waals surface area contributed by atoms with Crippen molar-refractivity contribution in [3.05, 3.63) is 70.3 Å². The van der Waals surface area contributed by atoms with Gasteiger partial charge in [0.2, 0.25) is 5.91 Å². The molecule has 0 bridgehead atoms. The summed E-state index contributed by atoms with van der Waals surface area (Å²) in [6, 6.07) is 14.1. The summed E-state index contributed by atoms with van der Waals surface area (Å²) in [6.07, 6.45) is 0. The second-order valence-corrected chi connectivity index (χ2v) is 7.28. The number of Topliss-reactive ketones (excluding diaryl/α,β-unsaturated/α-hetero) is 1. The lowest BCUT2D eigenvalue weighted by Crippen LogP contribution is -2.49. The molecule has 1 aliphatic heterocycles. The number of rotatable bonds is 5. The molecule has 0 aromatic heterocycles. The maximum atomic E-state index is 12.6. The average molecular weight is 350 g/mol. The Kier molecular flexibility index (Phi) is 5.52. The number of amides is 1. The topological polar surface area (TPSA) is 40.6 Å². The molecule has 4 nitrogen and oxygen atoms in total. The van der Waals surface area contributed by atoms with Gasteiger partial charge in [-0.25, -0.2) is 0 Å². The first kappa shape index (κ1) is 18.3. The van der Waals surface area contributed by atoms with Crippen molar-refractivity contribution in [3.63, 3.8) is 0 Å². The predicted molar refractivity (Wildman–Crippen MR) is 103 cm³/mol. The van der Waals surface area contributed by atoms with Crippen molar-refractivity contribution < 1.29 is 9.59 Å². The van der Waals surface area contributed by atoms with Crippen LogP contribution < -0.4 is 0 Å². The van der Waals surface area contributed by atoms with E-state index in [2.05, 4.69) is 36.9 Å². The summed E-state index contributed by atoms with van der Waals surface area (Å²) in [5.74, 6) is 0.235. The van der Waals surface area contributed by atoms with Crippen LogP contribution in [0.3, 0.4) is 0 Å². The summed E-state index contributed by atoms with van der Waals surface area (Å²) < 4.78 is 0. The molecule has 3 rings (SSSR count). The lowest BCUT2D eigenvalue weighted by atomic mass is 10.1. The van der Waals surface area contributed by atoms with Gasteiger partial charge in [0, 0.05) is 31.7 Å². The van der Waals surface area contributed by atoms with E-state index in [1.54, 1.807) is 6.92 Å². The number of aryl methyl sites for hydroxylation is 2. The third-order valence-corrected chi connectivity index (χ3v) is 4.79. The second-order valence-electron chi connectivity index (χ2n) is 7.28. The molecule has 26 heavy (non-hydrogen) atoms. The summed E-state index contributed by atoms with van der Waals surface area (Å²) in [6.45, 7) is 9.14. The first-order valence-corrected chi connectivity index (χ1v) is 9.08. The van der Waals surface area contributed by atoms with E-state index in [1.807, 2.05) is 29.2 Å². The molecule has 2 aromatic rings. The quantitative estimate of drug-likeness (QED) is 0.777. The van der Waals surface area contributed by atoms with Gasteiger partial charge in [-0.2, -0.15) is 0 Å². The molecular weight excluding hydrogens is 324 g/mol. The molecule has 0 unspecified atom stereocenters. The zero-order valence-electron chi connectivity index (χ0n) is 15.8. The van der Waals surface area contributed by atoms with Gasteiger partial charge in [0.15, 0.2) is 5.78 Å². The number of carbonyl (C=O) groups excluding carboxylic acids is 2. The molecule has 136 valence electrons. The SMILES string of the molecule is CC(=O)c1cccc(CN2CCN(Cc3cc(C)cc(C)c3)C(=O)C2)c1. The molecule has 1 aliphatic rings. The van der Waals surface area contributed by atoms with Gasteiger partial charge in [0.25, 0.3) is 0 Å². The van der Waals surface area contributed by atoms with Crippen molar-refractivity contribution >= 4 is 11.7 Å². The zero-order valence-corrected chi connectivity index (χ0v) is 15.8. The van der Waals surface area contributed by atoms with Gasteiger partial charge >= 0.3 is 0 Å². The van der Waals surface area contributed by atoms with Crippen molar-refractivity contribution in [1.29, 1.82) is 0 Å². The van der Waals surface area contributed by atoms with Crippen LogP contribution in [0.2, 0.25) is 0 Å². The van der Waals surface area contributed by atoms with Crippen molar-refractivity contribution in [1.82, 2.24) is 9.80 Å². The molecular formula is C22H26N2O2. The fraction of sp³-hybridized carbons (Fsp3) is 0.364. The highest BCUT2D eigenvalue weighted by Gasteiger charge is 2.24. The van der Waals surface area contributed by atoms with Crippen LogP contribution in [0.1, 0.15) is 39.5 Å². The van der Waals surface area contributed by atoms with Gasteiger partial charge in [-0.3, -0.25) is 14.5 Å². The summed E-state index contributed by atoms with van der Waals surface area (Å²) in [5.41, 5.74) is 5.46. The Morgan fingerprint density at radius 3 is 2.35 bits per heavy atom. The van der Waals surface area contributed by atoms with E-state index in [-0.39, 0.29) is 11.7 Å². The molecule has 1 saturated heterocycles. The molecule has 0 N–H and O–H groups in total. The highest BCUT2D eigenvalue weighted by Crippen LogP contribution is 2.16. The number of piperazine rings is 1. The largest absolute Gasteiger partial charge is 0.336 e. The fourth-order valence-corrected chi connectivity index (χ4v) is 3.59. The zero-order chi connectivity index (χ0) is 18.7. The van der Waals surface area contributed by atoms with Crippen molar-refractivity contribution in [2.75, 3.05) is 19.6 Å². The third kappa shape index (κ3) is 4.58. The maximum absolute atomic E-state index is 12.6. The molecule has 4 heteroatoms. The van der Waals surface area contributed by atoms with Crippen LogP contribution in [0.4, 0.5) is 0 Å². The Balaban J connectivity index is 1.60. The van der Waals surface area contributed by atoms with E-state index >= 15 is 0 Å². The molecule has 0 atom stereocenters. The highest BCUT2D eigenvalue weighted by atomic mass is 16.2. The molecule has 2 aromatic carbocycles. The monoisotopic (exact) mass is 350 g/mol. The minimum Gasteiger partial charge on any atom is -0.336 e. The molecule has 0 radical (unpaired) electrons. The Morgan fingerprint density at radius 2 is 1.69 bits per heavy atom. The average Bonchev–Trinajstić information content (AvgIpc) is 2.57. The molecule has 1 fully saturated rings. The molecule has 1 amide bonds. The van der Waals surface area contributed by atoms with Crippen molar-refractivity contribution in [2.24, 2.45) is 0 Å². The van der Waals surface area contributed by atoms with Gasteiger partial charge in [0.1, 0.15) is 0 Å². The van der Waals surface area contributed by atoms with E-state index < -0.39 is 0 Å². The van der Waals surface area contributed by atoms with E-state index in [4.69, 9.17) is 0 Å². The molecule has 0 spiro atoms. The van der Waals surface area contributed by atoms with E-state index in [0.717, 1.165) is 24.2 Å². The van der Waals surface area contributed by atoms with Gasteiger partial charge < -0.3 is 4.90 Å². The van der Waals surface area contributed by atoms with E-state index in [9.17, 15) is 9.59 Å². The van der Waals surface area contributed by atoms with Crippen LogP contribution in [-0.4, -0.2) is 41.1 Å². The second kappa shape index (κ2) is 7.83. The standard InChI is InChI=1S/C22H26N2O2/c1-16-9-17(2)11-20(10-16)14-24-8-7-23(15-22(24)26)13-19-5-4-6-21(12-19)18(3)25/h4-6,9-12H,7-8,13-15H2,1-3H3. The number of ketones is 1. The van der Waals surface area contributed by atoms with Crippen LogP contribution in [0.25, 0.3) is 0 Å². The Labute approximate surface area is 155 Å². The van der Waals surface area contributed by atoms with Gasteiger partial charge in [-0.15, -0.1) is 0 Å². The number of carbonyl (C=O) groups is 2. The molecule has 0 aliphatic carbocycles. The first-order valence-electron chi connectivity index (χ1n) is 9.08. The van der Waals surface area contributed by atoms with Crippen LogP contribution in [0.15, 0.2) is 42.5 Å². The lowest BCUT2D eigenvalue weighted by molar-refractivity contribution is -0.136. The van der Waals surface area contributed by atoms with Gasteiger partial charge in [-0.05, 0) is 38.0 Å². The summed E-state index contributed by atoms with van der Waals surface area (Å²) in [4.78, 5) is 28.2. The Bertz CT molecular complexity index is 808. The summed E-state index contributed by atoms with van der Waals surface area (Å²) >= 11 is 0. The van der Waals surface area contributed by atoms with Crippen molar-refractivity contribution in [2.45, 2.75) is 33.9 Å². The molecule has 0 saturated carbocycles. The molecule has 1 heterocycles. The summed E-state index contributed by atoms with van der Waals surface area (Å²) in [7, 11) is 0. The summed E-state index contributed by atoms with van der Waals surface area (Å²) in [5, 5.41) is 0. The third-order valence-electron chi connectivity index (χ3n) is 4.79. The van der Waals surface area contributed by atoms with Crippen LogP contribution in [0.5, 0.6) is 0 Å². The van der Waals surface area contributed by atoms with Crippen LogP contribution in [-0.2, 0) is 17.9 Å². The lowest BCUT2D eigenvalue weighted by Gasteiger charge is -2.34. The minimum absolute atomic E-state index is 0.0705.